The van der Waals surface area contributed by atoms with Crippen LogP contribution in [0, 0.1) is 0 Å². The molecule has 0 fully saturated rings. The van der Waals surface area contributed by atoms with E-state index in [0.29, 0.717) is 0 Å². The van der Waals surface area contributed by atoms with Crippen LogP contribution >= 0.6 is 51.5 Å². The third-order valence-corrected chi connectivity index (χ3v) is 4.16. The van der Waals surface area contributed by atoms with E-state index >= 15 is 0 Å². The number of benzene rings is 1. The van der Waals surface area contributed by atoms with Gasteiger partial charge in [-0.05, 0) is 23.6 Å². The molecule has 0 bridgehead atoms. The zero-order valence-electron chi connectivity index (χ0n) is 6.55. The number of hydrogen-bond donors (Lipinski definition) is 1. The molecule has 4 heteroatoms. The summed E-state index contributed by atoms with van der Waals surface area (Å²) in [6.07, 6.45) is 0. The highest BCUT2D eigenvalue weighted by atomic mass is 79.9. The second kappa shape index (κ2) is 3.81. The van der Waals surface area contributed by atoms with Crippen LogP contribution in [0.4, 0.5) is 0 Å². The highest BCUT2D eigenvalue weighted by Gasteiger charge is 2.08. The summed E-state index contributed by atoms with van der Waals surface area (Å²) >= 11 is 15.4. The molecule has 68 valence electrons. The van der Waals surface area contributed by atoms with Gasteiger partial charge in [-0.3, -0.25) is 0 Å². The number of thiophene rings is 1. The van der Waals surface area contributed by atoms with Crippen LogP contribution < -0.4 is 0 Å². The average Bonchev–Trinajstić information content (AvgIpc) is 2.40. The van der Waals surface area contributed by atoms with Crippen molar-refractivity contribution in [3.05, 3.63) is 28.1 Å². The van der Waals surface area contributed by atoms with Crippen LogP contribution in [-0.4, -0.2) is 0 Å². The number of rotatable bonds is 1. The maximum absolute atomic E-state index is 6.08. The molecule has 13 heavy (non-hydrogen) atoms. The summed E-state index contributed by atoms with van der Waals surface area (Å²) in [5.41, 5.74) is 1.16. The number of fused-ring (bicyclic) bond motifs is 1. The van der Waals surface area contributed by atoms with Crippen molar-refractivity contribution in [3.8, 4) is 0 Å². The Balaban J connectivity index is 2.80. The van der Waals surface area contributed by atoms with E-state index in [1.165, 1.54) is 10.1 Å². The van der Waals surface area contributed by atoms with Gasteiger partial charge in [0.05, 0.1) is 4.34 Å². The van der Waals surface area contributed by atoms with E-state index in [2.05, 4.69) is 40.7 Å². The quantitative estimate of drug-likeness (QED) is 0.570. The fourth-order valence-electron chi connectivity index (χ4n) is 1.23. The molecule has 1 aromatic carbocycles. The van der Waals surface area contributed by atoms with Crippen LogP contribution in [0.25, 0.3) is 10.1 Å². The van der Waals surface area contributed by atoms with Crippen molar-refractivity contribution < 1.29 is 0 Å². The van der Waals surface area contributed by atoms with E-state index in [0.717, 1.165) is 20.1 Å². The van der Waals surface area contributed by atoms with Crippen molar-refractivity contribution in [1.82, 2.24) is 0 Å². The largest absolute Gasteiger partial charge is 0.143 e. The van der Waals surface area contributed by atoms with Gasteiger partial charge in [0.25, 0.3) is 0 Å². The van der Waals surface area contributed by atoms with Crippen molar-refractivity contribution in [2.75, 3.05) is 0 Å². The second-order valence-corrected chi connectivity index (χ2v) is 5.40. The molecule has 0 spiro atoms. The Labute approximate surface area is 99.4 Å². The average molecular weight is 294 g/mol. The van der Waals surface area contributed by atoms with Crippen LogP contribution in [0.3, 0.4) is 0 Å². The first-order valence-electron chi connectivity index (χ1n) is 3.68. The van der Waals surface area contributed by atoms with E-state index in [4.69, 9.17) is 11.6 Å². The lowest BCUT2D eigenvalue weighted by molar-refractivity contribution is 1.49. The minimum absolute atomic E-state index is 0.795. The second-order valence-electron chi connectivity index (χ2n) is 2.67. The number of hydrogen-bond acceptors (Lipinski definition) is 2. The normalized spacial score (nSPS) is 11.0. The first kappa shape index (κ1) is 9.84. The molecule has 0 atom stereocenters. The molecule has 0 N–H and O–H groups in total. The van der Waals surface area contributed by atoms with Crippen molar-refractivity contribution in [2.45, 2.75) is 10.2 Å². The summed E-state index contributed by atoms with van der Waals surface area (Å²) in [4.78, 5) is 0.976. The summed E-state index contributed by atoms with van der Waals surface area (Å²) in [6.45, 7) is 0. The Morgan fingerprint density at radius 1 is 1.46 bits per heavy atom. The van der Waals surface area contributed by atoms with Gasteiger partial charge in [0, 0.05) is 20.5 Å². The van der Waals surface area contributed by atoms with Crippen LogP contribution in [0.15, 0.2) is 23.1 Å². The molecule has 0 saturated heterocycles. The Kier molecular flexibility index (Phi) is 2.88. The molecule has 0 aliphatic heterocycles. The molecule has 0 aliphatic carbocycles. The van der Waals surface area contributed by atoms with Gasteiger partial charge in [-0.15, -0.1) is 24.0 Å². The summed E-state index contributed by atoms with van der Waals surface area (Å²) in [6, 6.07) is 6.09. The smallest absolute Gasteiger partial charge is 0.0981 e. The van der Waals surface area contributed by atoms with E-state index in [1.807, 2.05) is 6.07 Å². The maximum atomic E-state index is 6.08. The van der Waals surface area contributed by atoms with Gasteiger partial charge < -0.3 is 0 Å². The number of alkyl halides is 1. The van der Waals surface area contributed by atoms with Crippen LogP contribution in [-0.2, 0) is 5.33 Å². The predicted molar refractivity (Wildman–Crippen MR) is 66.7 cm³/mol. The molecule has 0 unspecified atom stereocenters. The maximum Gasteiger partial charge on any atom is 0.0981 e. The van der Waals surface area contributed by atoms with E-state index in [9.17, 15) is 0 Å². The monoisotopic (exact) mass is 292 g/mol. The van der Waals surface area contributed by atoms with Crippen molar-refractivity contribution in [3.63, 3.8) is 0 Å². The SMILES string of the molecule is Sc1ccc2sc(Cl)c(CBr)c2c1. The fraction of sp³-hybridized carbons (Fsp3) is 0.111. The molecule has 2 aromatic rings. The van der Waals surface area contributed by atoms with Crippen molar-refractivity contribution in [1.29, 1.82) is 0 Å². The molecule has 0 nitrogen and oxygen atoms in total. The molecular formula is C9H6BrClS2. The summed E-state index contributed by atoms with van der Waals surface area (Å²) < 4.78 is 2.09. The Morgan fingerprint density at radius 2 is 2.23 bits per heavy atom. The van der Waals surface area contributed by atoms with E-state index < -0.39 is 0 Å². The highest BCUT2D eigenvalue weighted by Crippen LogP contribution is 2.37. The van der Waals surface area contributed by atoms with Crippen molar-refractivity contribution >= 4 is 61.6 Å². The first-order chi connectivity index (χ1) is 6.22. The topological polar surface area (TPSA) is 0 Å². The van der Waals surface area contributed by atoms with Crippen LogP contribution in [0.1, 0.15) is 5.56 Å². The summed E-state index contributed by atoms with van der Waals surface area (Å²) in [7, 11) is 0. The first-order valence-corrected chi connectivity index (χ1v) is 6.44. The fourth-order valence-corrected chi connectivity index (χ4v) is 3.71. The number of thiol groups is 1. The standard InChI is InChI=1S/C9H6BrClS2/c10-4-7-6-3-5(12)1-2-8(6)13-9(7)11/h1-3,12H,4H2. The lowest BCUT2D eigenvalue weighted by Crippen LogP contribution is -1.74. The lowest BCUT2D eigenvalue weighted by atomic mass is 10.2. The van der Waals surface area contributed by atoms with E-state index in [1.54, 1.807) is 11.3 Å². The van der Waals surface area contributed by atoms with Gasteiger partial charge in [0.2, 0.25) is 0 Å². The molecule has 2 rings (SSSR count). The molecule has 1 heterocycles. The van der Waals surface area contributed by atoms with Gasteiger partial charge in [-0.25, -0.2) is 0 Å². The minimum Gasteiger partial charge on any atom is -0.143 e. The van der Waals surface area contributed by atoms with Gasteiger partial charge in [-0.2, -0.15) is 0 Å². The molecular weight excluding hydrogens is 288 g/mol. The third-order valence-electron chi connectivity index (χ3n) is 1.86. The minimum atomic E-state index is 0.795. The Hall–Kier alpha value is 0.300. The predicted octanol–water partition coefficient (Wildman–Crippen LogP) is 4.74. The summed E-state index contributed by atoms with van der Waals surface area (Å²) in [5.74, 6) is 0. The lowest BCUT2D eigenvalue weighted by Gasteiger charge is -1.94. The van der Waals surface area contributed by atoms with Gasteiger partial charge in [0.15, 0.2) is 0 Å². The highest BCUT2D eigenvalue weighted by molar-refractivity contribution is 9.08. The molecule has 0 radical (unpaired) electrons. The Morgan fingerprint density at radius 3 is 2.92 bits per heavy atom. The van der Waals surface area contributed by atoms with Crippen molar-refractivity contribution in [2.24, 2.45) is 0 Å². The van der Waals surface area contributed by atoms with Gasteiger partial charge >= 0.3 is 0 Å². The van der Waals surface area contributed by atoms with E-state index in [-0.39, 0.29) is 0 Å². The Bertz CT molecular complexity index is 450. The van der Waals surface area contributed by atoms with Gasteiger partial charge in [0.1, 0.15) is 0 Å². The third kappa shape index (κ3) is 1.75. The summed E-state index contributed by atoms with van der Waals surface area (Å²) in [5, 5.41) is 2.00. The van der Waals surface area contributed by atoms with Crippen LogP contribution in [0.5, 0.6) is 0 Å². The zero-order chi connectivity index (χ0) is 9.42. The molecule has 0 aliphatic rings. The molecule has 0 saturated carbocycles. The number of halogens is 2. The van der Waals surface area contributed by atoms with Crippen LogP contribution in [0.2, 0.25) is 4.34 Å². The molecule has 0 amide bonds. The van der Waals surface area contributed by atoms with Gasteiger partial charge in [-0.1, -0.05) is 27.5 Å². The zero-order valence-corrected chi connectivity index (χ0v) is 10.6. The molecule has 1 aromatic heterocycles.